The van der Waals surface area contributed by atoms with Crippen molar-refractivity contribution in [2.45, 2.75) is 18.8 Å². The Labute approximate surface area is 167 Å². The molecular formula is C20H23BrClNO3. The van der Waals surface area contributed by atoms with E-state index >= 15 is 0 Å². The van der Waals surface area contributed by atoms with Gasteiger partial charge in [0, 0.05) is 29.1 Å². The quantitative estimate of drug-likeness (QED) is 0.705. The third-order valence-corrected chi connectivity index (χ3v) is 5.13. The second-order valence-electron chi connectivity index (χ2n) is 6.47. The second-order valence-corrected chi connectivity index (χ2v) is 7.82. The maximum absolute atomic E-state index is 10.3. The Morgan fingerprint density at radius 3 is 2.65 bits per heavy atom. The smallest absolute Gasteiger partial charge is 0.0952 e. The van der Waals surface area contributed by atoms with Gasteiger partial charge in [-0.25, -0.2) is 0 Å². The summed E-state index contributed by atoms with van der Waals surface area (Å²) in [4.78, 5) is 2.23. The summed E-state index contributed by atoms with van der Waals surface area (Å²) in [6.07, 6.45) is -0.481. The van der Waals surface area contributed by atoms with Gasteiger partial charge in [0.2, 0.25) is 0 Å². The van der Waals surface area contributed by atoms with Crippen LogP contribution in [0, 0.1) is 0 Å². The normalized spacial score (nSPS) is 19.4. The van der Waals surface area contributed by atoms with Crippen LogP contribution in [0.15, 0.2) is 53.0 Å². The zero-order valence-electron chi connectivity index (χ0n) is 14.5. The lowest BCUT2D eigenvalue weighted by molar-refractivity contribution is -0.0536. The van der Waals surface area contributed by atoms with Crippen molar-refractivity contribution in [3.63, 3.8) is 0 Å². The lowest BCUT2D eigenvalue weighted by Gasteiger charge is -2.34. The van der Waals surface area contributed by atoms with Gasteiger partial charge in [-0.15, -0.1) is 0 Å². The Balaban J connectivity index is 1.42. The van der Waals surface area contributed by atoms with Crippen molar-refractivity contribution in [1.29, 1.82) is 0 Å². The highest BCUT2D eigenvalue weighted by molar-refractivity contribution is 9.10. The number of hydrogen-bond acceptors (Lipinski definition) is 4. The molecule has 2 aromatic rings. The molecule has 0 aliphatic carbocycles. The van der Waals surface area contributed by atoms with Crippen molar-refractivity contribution in [2.75, 3.05) is 32.8 Å². The number of benzene rings is 2. The highest BCUT2D eigenvalue weighted by atomic mass is 79.9. The highest BCUT2D eigenvalue weighted by Crippen LogP contribution is 2.24. The second kappa shape index (κ2) is 9.83. The summed E-state index contributed by atoms with van der Waals surface area (Å²) < 4.78 is 12.6. The number of β-amino-alcohol motifs (C(OH)–C–C–N with tert-alkyl or cyclic N) is 1. The van der Waals surface area contributed by atoms with Crippen molar-refractivity contribution in [3.8, 4) is 0 Å². The van der Waals surface area contributed by atoms with E-state index in [-0.39, 0.29) is 6.10 Å². The van der Waals surface area contributed by atoms with Gasteiger partial charge in [0.25, 0.3) is 0 Å². The molecule has 0 aromatic heterocycles. The number of halogens is 2. The lowest BCUT2D eigenvalue weighted by Crippen LogP contribution is -2.43. The Morgan fingerprint density at radius 1 is 1.19 bits per heavy atom. The van der Waals surface area contributed by atoms with Crippen LogP contribution in [-0.4, -0.2) is 49.0 Å². The van der Waals surface area contributed by atoms with Gasteiger partial charge in [0.05, 0.1) is 32.0 Å². The van der Waals surface area contributed by atoms with Gasteiger partial charge >= 0.3 is 0 Å². The van der Waals surface area contributed by atoms with Crippen LogP contribution < -0.4 is 0 Å². The average Bonchev–Trinajstić information content (AvgIpc) is 2.64. The zero-order valence-corrected chi connectivity index (χ0v) is 16.8. The Hall–Kier alpha value is -0.950. The fourth-order valence-electron chi connectivity index (χ4n) is 2.99. The van der Waals surface area contributed by atoms with E-state index in [1.54, 1.807) is 0 Å². The van der Waals surface area contributed by atoms with Crippen LogP contribution in [0.5, 0.6) is 0 Å². The molecule has 2 atom stereocenters. The molecule has 6 heteroatoms. The topological polar surface area (TPSA) is 41.9 Å². The van der Waals surface area contributed by atoms with E-state index < -0.39 is 6.10 Å². The fraction of sp³-hybridized carbons (Fsp3) is 0.400. The summed E-state index contributed by atoms with van der Waals surface area (Å²) >= 11 is 9.32. The van der Waals surface area contributed by atoms with Crippen molar-refractivity contribution in [1.82, 2.24) is 4.90 Å². The number of aliphatic hydroxyl groups excluding tert-OH is 1. The van der Waals surface area contributed by atoms with Crippen LogP contribution >= 0.6 is 27.5 Å². The first kappa shape index (κ1) is 19.8. The van der Waals surface area contributed by atoms with E-state index in [1.807, 2.05) is 36.4 Å². The van der Waals surface area contributed by atoms with Crippen molar-refractivity contribution in [2.24, 2.45) is 0 Å². The van der Waals surface area contributed by atoms with Gasteiger partial charge in [-0.2, -0.15) is 0 Å². The summed E-state index contributed by atoms with van der Waals surface area (Å²) in [6, 6.07) is 15.7. The predicted molar refractivity (Wildman–Crippen MR) is 106 cm³/mol. The van der Waals surface area contributed by atoms with Crippen molar-refractivity contribution in [3.05, 3.63) is 69.2 Å². The van der Waals surface area contributed by atoms with E-state index in [0.717, 1.165) is 28.7 Å². The number of ether oxygens (including phenoxy) is 2. The summed E-state index contributed by atoms with van der Waals surface area (Å²) in [5.41, 5.74) is 2.20. The lowest BCUT2D eigenvalue weighted by atomic mass is 10.1. The molecule has 1 fully saturated rings. The molecule has 140 valence electrons. The van der Waals surface area contributed by atoms with Crippen LogP contribution in [-0.2, 0) is 16.1 Å². The predicted octanol–water partition coefficient (Wildman–Crippen LogP) is 4.05. The van der Waals surface area contributed by atoms with E-state index in [0.29, 0.717) is 31.4 Å². The molecule has 1 saturated heterocycles. The minimum atomic E-state index is -0.522. The molecule has 1 heterocycles. The van der Waals surface area contributed by atoms with Gasteiger partial charge in [-0.3, -0.25) is 4.90 Å². The molecule has 1 aliphatic heterocycles. The molecule has 0 radical (unpaired) electrons. The molecular weight excluding hydrogens is 418 g/mol. The third kappa shape index (κ3) is 6.05. The summed E-state index contributed by atoms with van der Waals surface area (Å²) in [6.45, 7) is 3.62. The number of nitrogens with zero attached hydrogens (tertiary/aromatic N) is 1. The van der Waals surface area contributed by atoms with Gasteiger partial charge in [0.1, 0.15) is 0 Å². The van der Waals surface area contributed by atoms with Crippen LogP contribution in [0.1, 0.15) is 17.2 Å². The first-order valence-corrected chi connectivity index (χ1v) is 9.87. The first-order valence-electron chi connectivity index (χ1n) is 8.70. The van der Waals surface area contributed by atoms with Crippen molar-refractivity contribution < 1.29 is 14.6 Å². The van der Waals surface area contributed by atoms with Crippen LogP contribution in [0.2, 0.25) is 5.02 Å². The Bertz CT molecular complexity index is 680. The summed E-state index contributed by atoms with van der Waals surface area (Å²) in [5, 5.41) is 11.0. The van der Waals surface area contributed by atoms with Gasteiger partial charge in [-0.05, 0) is 35.4 Å². The molecule has 26 heavy (non-hydrogen) atoms. The largest absolute Gasteiger partial charge is 0.389 e. The minimum Gasteiger partial charge on any atom is -0.389 e. The number of hydrogen-bond donors (Lipinski definition) is 1. The van der Waals surface area contributed by atoms with Gasteiger partial charge in [0.15, 0.2) is 0 Å². The fourth-order valence-corrected chi connectivity index (χ4v) is 3.38. The van der Waals surface area contributed by atoms with Crippen LogP contribution in [0.3, 0.4) is 0 Å². The monoisotopic (exact) mass is 439 g/mol. The molecule has 2 unspecified atom stereocenters. The molecule has 0 bridgehead atoms. The highest BCUT2D eigenvalue weighted by Gasteiger charge is 2.23. The number of aliphatic hydroxyl groups is 1. The van der Waals surface area contributed by atoms with Crippen molar-refractivity contribution >= 4 is 27.5 Å². The molecule has 3 rings (SSSR count). The zero-order chi connectivity index (χ0) is 18.4. The molecule has 0 spiro atoms. The van der Waals surface area contributed by atoms with E-state index in [2.05, 4.69) is 33.0 Å². The van der Waals surface area contributed by atoms with Gasteiger partial charge in [-0.1, -0.05) is 51.8 Å². The summed E-state index contributed by atoms with van der Waals surface area (Å²) in [7, 11) is 0. The molecule has 1 N–H and O–H groups in total. The average molecular weight is 441 g/mol. The Morgan fingerprint density at radius 2 is 1.92 bits per heavy atom. The molecule has 1 aliphatic rings. The molecule has 4 nitrogen and oxygen atoms in total. The first-order chi connectivity index (χ1) is 12.6. The maximum Gasteiger partial charge on any atom is 0.0952 e. The third-order valence-electron chi connectivity index (χ3n) is 4.35. The minimum absolute atomic E-state index is 0.0408. The molecule has 0 saturated carbocycles. The number of morpholine rings is 1. The SMILES string of the molecule is OC(COCc1ccc(Cl)cc1)CN1CCOC(c2ccc(Br)cc2)C1. The van der Waals surface area contributed by atoms with Crippen LogP contribution in [0.25, 0.3) is 0 Å². The Kier molecular flexibility index (Phi) is 7.49. The standard InChI is InChI=1S/C20H23BrClNO3/c21-17-5-3-16(4-6-17)20-12-23(9-10-26-20)11-19(24)14-25-13-15-1-7-18(22)8-2-15/h1-8,19-20,24H,9-14H2. The van der Waals surface area contributed by atoms with Crippen LogP contribution in [0.4, 0.5) is 0 Å². The molecule has 0 amide bonds. The molecule has 2 aromatic carbocycles. The van der Waals surface area contributed by atoms with E-state index in [1.165, 1.54) is 0 Å². The van der Waals surface area contributed by atoms with E-state index in [4.69, 9.17) is 21.1 Å². The summed E-state index contributed by atoms with van der Waals surface area (Å²) in [5.74, 6) is 0. The maximum atomic E-state index is 10.3. The van der Waals surface area contributed by atoms with E-state index in [9.17, 15) is 5.11 Å². The van der Waals surface area contributed by atoms with Gasteiger partial charge < -0.3 is 14.6 Å². The number of rotatable bonds is 7.